The van der Waals surface area contributed by atoms with Gasteiger partial charge in [0.15, 0.2) is 0 Å². The fraction of sp³-hybridized carbons (Fsp3) is 0.562. The molecule has 3 N–H and O–H groups in total. The normalized spacial score (nSPS) is 12.4. The van der Waals surface area contributed by atoms with Crippen LogP contribution in [0, 0.1) is 5.92 Å². The SMILES string of the molecule is CCC(CC)CNC(=O)CC(C)c1ccc(N)cc1. The quantitative estimate of drug-likeness (QED) is 0.741. The van der Waals surface area contributed by atoms with Gasteiger partial charge >= 0.3 is 0 Å². The standard InChI is InChI=1S/C16H26N2O/c1-4-13(5-2)11-18-16(19)10-12(3)14-6-8-15(17)9-7-14/h6-9,12-13H,4-5,10-11,17H2,1-3H3,(H,18,19). The number of rotatable bonds is 7. The minimum atomic E-state index is 0.135. The number of nitrogens with two attached hydrogens (primary N) is 1. The predicted octanol–water partition coefficient (Wildman–Crippen LogP) is 3.31. The molecule has 0 radical (unpaired) electrons. The zero-order valence-electron chi connectivity index (χ0n) is 12.3. The van der Waals surface area contributed by atoms with Gasteiger partial charge in [-0.25, -0.2) is 0 Å². The fourth-order valence-corrected chi connectivity index (χ4v) is 2.13. The van der Waals surface area contributed by atoms with Gasteiger partial charge in [-0.15, -0.1) is 0 Å². The van der Waals surface area contributed by atoms with Gasteiger partial charge in [-0.2, -0.15) is 0 Å². The first-order valence-corrected chi connectivity index (χ1v) is 7.18. The largest absolute Gasteiger partial charge is 0.399 e. The Balaban J connectivity index is 2.41. The van der Waals surface area contributed by atoms with Crippen molar-refractivity contribution < 1.29 is 4.79 Å². The molecule has 0 heterocycles. The molecule has 0 aliphatic rings. The number of hydrogen-bond acceptors (Lipinski definition) is 2. The third-order valence-electron chi connectivity index (χ3n) is 3.74. The second-order valence-corrected chi connectivity index (χ2v) is 5.26. The maximum absolute atomic E-state index is 11.9. The first-order valence-electron chi connectivity index (χ1n) is 7.18. The molecule has 106 valence electrons. The lowest BCUT2D eigenvalue weighted by Crippen LogP contribution is -2.29. The van der Waals surface area contributed by atoms with Crippen molar-refractivity contribution in [1.82, 2.24) is 5.32 Å². The number of nitrogens with one attached hydrogen (secondary N) is 1. The van der Waals surface area contributed by atoms with Crippen molar-refractivity contribution in [2.45, 2.75) is 46.0 Å². The van der Waals surface area contributed by atoms with E-state index >= 15 is 0 Å². The number of anilines is 1. The number of nitrogen functional groups attached to an aromatic ring is 1. The van der Waals surface area contributed by atoms with Crippen molar-refractivity contribution in [3.05, 3.63) is 29.8 Å². The molecule has 3 nitrogen and oxygen atoms in total. The van der Waals surface area contributed by atoms with Gasteiger partial charge in [0, 0.05) is 18.7 Å². The molecule has 0 aliphatic heterocycles. The topological polar surface area (TPSA) is 55.1 Å². The highest BCUT2D eigenvalue weighted by Crippen LogP contribution is 2.20. The number of amides is 1. The number of carbonyl (C=O) groups is 1. The van der Waals surface area contributed by atoms with Crippen LogP contribution in [0.1, 0.15) is 51.5 Å². The lowest BCUT2D eigenvalue weighted by atomic mass is 9.97. The van der Waals surface area contributed by atoms with Crippen LogP contribution < -0.4 is 11.1 Å². The van der Waals surface area contributed by atoms with Crippen LogP contribution in [0.4, 0.5) is 5.69 Å². The zero-order valence-corrected chi connectivity index (χ0v) is 12.3. The molecule has 1 amide bonds. The first kappa shape index (κ1) is 15.5. The summed E-state index contributed by atoms with van der Waals surface area (Å²) < 4.78 is 0. The van der Waals surface area contributed by atoms with Crippen molar-refractivity contribution in [1.29, 1.82) is 0 Å². The van der Waals surface area contributed by atoms with E-state index in [0.29, 0.717) is 12.3 Å². The summed E-state index contributed by atoms with van der Waals surface area (Å²) in [7, 11) is 0. The molecule has 0 aliphatic carbocycles. The summed E-state index contributed by atoms with van der Waals surface area (Å²) in [6, 6.07) is 7.75. The van der Waals surface area contributed by atoms with Crippen molar-refractivity contribution in [3.63, 3.8) is 0 Å². The van der Waals surface area contributed by atoms with Crippen LogP contribution in [0.2, 0.25) is 0 Å². The van der Waals surface area contributed by atoms with E-state index in [-0.39, 0.29) is 11.8 Å². The molecule has 1 aromatic rings. The molecule has 0 bridgehead atoms. The van der Waals surface area contributed by atoms with E-state index in [0.717, 1.165) is 30.6 Å². The Labute approximate surface area is 116 Å². The molecular formula is C16H26N2O. The Morgan fingerprint density at radius 3 is 2.32 bits per heavy atom. The third-order valence-corrected chi connectivity index (χ3v) is 3.74. The molecule has 0 saturated heterocycles. The van der Waals surface area contributed by atoms with Gasteiger partial charge in [0.25, 0.3) is 0 Å². The number of benzene rings is 1. The minimum absolute atomic E-state index is 0.135. The lowest BCUT2D eigenvalue weighted by Gasteiger charge is -2.15. The molecular weight excluding hydrogens is 236 g/mol. The van der Waals surface area contributed by atoms with Crippen LogP contribution >= 0.6 is 0 Å². The van der Waals surface area contributed by atoms with Crippen molar-refractivity contribution >= 4 is 11.6 Å². The number of hydrogen-bond donors (Lipinski definition) is 2. The van der Waals surface area contributed by atoms with E-state index in [1.807, 2.05) is 24.3 Å². The average Bonchev–Trinajstić information content (AvgIpc) is 2.40. The van der Waals surface area contributed by atoms with E-state index in [9.17, 15) is 4.79 Å². The Morgan fingerprint density at radius 1 is 1.21 bits per heavy atom. The van der Waals surface area contributed by atoms with E-state index < -0.39 is 0 Å². The fourth-order valence-electron chi connectivity index (χ4n) is 2.13. The minimum Gasteiger partial charge on any atom is -0.399 e. The van der Waals surface area contributed by atoms with Gasteiger partial charge in [0.2, 0.25) is 5.91 Å². The zero-order chi connectivity index (χ0) is 14.3. The molecule has 0 spiro atoms. The Kier molecular flexibility index (Phi) is 6.40. The Bertz CT molecular complexity index is 382. The van der Waals surface area contributed by atoms with Gasteiger partial charge in [-0.05, 0) is 29.5 Å². The maximum atomic E-state index is 11.9. The molecule has 19 heavy (non-hydrogen) atoms. The summed E-state index contributed by atoms with van der Waals surface area (Å²) in [5, 5.41) is 3.03. The predicted molar refractivity (Wildman–Crippen MR) is 81.0 cm³/mol. The van der Waals surface area contributed by atoms with Gasteiger partial charge in [0.05, 0.1) is 0 Å². The van der Waals surface area contributed by atoms with Gasteiger partial charge in [-0.1, -0.05) is 45.7 Å². The third kappa shape index (κ3) is 5.33. The average molecular weight is 262 g/mol. The smallest absolute Gasteiger partial charge is 0.220 e. The van der Waals surface area contributed by atoms with E-state index in [4.69, 9.17) is 5.73 Å². The van der Waals surface area contributed by atoms with Crippen molar-refractivity contribution in [2.24, 2.45) is 5.92 Å². The van der Waals surface area contributed by atoms with E-state index in [2.05, 4.69) is 26.1 Å². The van der Waals surface area contributed by atoms with Crippen LogP contribution in [0.15, 0.2) is 24.3 Å². The van der Waals surface area contributed by atoms with Crippen molar-refractivity contribution in [3.8, 4) is 0 Å². The summed E-state index contributed by atoms with van der Waals surface area (Å²) in [6.07, 6.45) is 2.76. The summed E-state index contributed by atoms with van der Waals surface area (Å²) in [4.78, 5) is 11.9. The van der Waals surface area contributed by atoms with Gasteiger partial charge < -0.3 is 11.1 Å². The second-order valence-electron chi connectivity index (χ2n) is 5.26. The first-order chi connectivity index (χ1) is 9.06. The molecule has 0 saturated carbocycles. The number of carbonyl (C=O) groups excluding carboxylic acids is 1. The summed E-state index contributed by atoms with van der Waals surface area (Å²) in [5.74, 6) is 0.953. The summed E-state index contributed by atoms with van der Waals surface area (Å²) in [5.41, 5.74) is 7.58. The molecule has 3 heteroatoms. The lowest BCUT2D eigenvalue weighted by molar-refractivity contribution is -0.121. The van der Waals surface area contributed by atoms with E-state index in [1.54, 1.807) is 0 Å². The van der Waals surface area contributed by atoms with Crippen molar-refractivity contribution in [2.75, 3.05) is 12.3 Å². The second kappa shape index (κ2) is 7.82. The summed E-state index contributed by atoms with van der Waals surface area (Å²) >= 11 is 0. The Morgan fingerprint density at radius 2 is 1.79 bits per heavy atom. The molecule has 0 fully saturated rings. The highest BCUT2D eigenvalue weighted by molar-refractivity contribution is 5.76. The van der Waals surface area contributed by atoms with Crippen LogP contribution in [-0.4, -0.2) is 12.5 Å². The van der Waals surface area contributed by atoms with Gasteiger partial charge in [-0.3, -0.25) is 4.79 Å². The van der Waals surface area contributed by atoms with Crippen LogP contribution in [0.5, 0.6) is 0 Å². The van der Waals surface area contributed by atoms with Gasteiger partial charge in [0.1, 0.15) is 0 Å². The molecule has 0 aromatic heterocycles. The highest BCUT2D eigenvalue weighted by Gasteiger charge is 2.12. The monoisotopic (exact) mass is 262 g/mol. The van der Waals surface area contributed by atoms with Crippen LogP contribution in [0.3, 0.4) is 0 Å². The van der Waals surface area contributed by atoms with Crippen LogP contribution in [0.25, 0.3) is 0 Å². The molecule has 1 unspecified atom stereocenters. The molecule has 1 rings (SSSR count). The van der Waals surface area contributed by atoms with Crippen LogP contribution in [-0.2, 0) is 4.79 Å². The maximum Gasteiger partial charge on any atom is 0.220 e. The molecule has 1 aromatic carbocycles. The van der Waals surface area contributed by atoms with E-state index in [1.165, 1.54) is 0 Å². The molecule has 1 atom stereocenters. The highest BCUT2D eigenvalue weighted by atomic mass is 16.1. The summed E-state index contributed by atoms with van der Waals surface area (Å²) in [6.45, 7) is 7.19. The Hall–Kier alpha value is -1.51.